The van der Waals surface area contributed by atoms with E-state index >= 15 is 0 Å². The Morgan fingerprint density at radius 1 is 1.06 bits per heavy atom. The molecule has 1 aromatic carbocycles. The number of rotatable bonds is 2. The van der Waals surface area contributed by atoms with Crippen LogP contribution in [-0.2, 0) is 9.84 Å². The molecule has 3 nitrogen and oxygen atoms in total. The summed E-state index contributed by atoms with van der Waals surface area (Å²) >= 11 is 0. The van der Waals surface area contributed by atoms with E-state index in [-0.39, 0.29) is 0 Å². The van der Waals surface area contributed by atoms with Gasteiger partial charge in [0.05, 0.1) is 0 Å². The third kappa shape index (κ3) is 2.26. The van der Waals surface area contributed by atoms with Gasteiger partial charge < -0.3 is 4.57 Å². The smallest absolute Gasteiger partial charge is 0.191 e. The molecule has 0 amide bonds. The topological polar surface area (TPSA) is 39.1 Å². The van der Waals surface area contributed by atoms with Gasteiger partial charge in [0.1, 0.15) is 5.03 Å². The summed E-state index contributed by atoms with van der Waals surface area (Å²) in [6.45, 7) is 4.05. The molecule has 4 heteroatoms. The van der Waals surface area contributed by atoms with Gasteiger partial charge >= 0.3 is 0 Å². The molecule has 0 aliphatic rings. The number of sulfone groups is 1. The number of aryl methyl sites for hydroxylation is 2. The maximum atomic E-state index is 11.6. The minimum atomic E-state index is -3.20. The molecule has 0 N–H and O–H groups in total. The van der Waals surface area contributed by atoms with Crippen molar-refractivity contribution in [2.75, 3.05) is 6.26 Å². The highest BCUT2D eigenvalue weighted by Gasteiger charge is 2.13. The molecule has 0 spiro atoms. The summed E-state index contributed by atoms with van der Waals surface area (Å²) in [5.74, 6) is 0. The molecule has 0 saturated carbocycles. The van der Waals surface area contributed by atoms with Crippen LogP contribution in [0.15, 0.2) is 41.6 Å². The minimum Gasteiger partial charge on any atom is -0.308 e. The Bertz CT molecular complexity index is 654. The molecule has 0 fully saturated rings. The van der Waals surface area contributed by atoms with E-state index in [0.717, 1.165) is 11.3 Å². The Labute approximate surface area is 102 Å². The maximum Gasteiger partial charge on any atom is 0.191 e. The Kier molecular flexibility index (Phi) is 2.83. The van der Waals surface area contributed by atoms with Crippen LogP contribution >= 0.6 is 0 Å². The van der Waals surface area contributed by atoms with E-state index in [2.05, 4.69) is 0 Å². The van der Waals surface area contributed by atoms with E-state index in [0.29, 0.717) is 5.03 Å². The molecule has 1 aromatic heterocycles. The van der Waals surface area contributed by atoms with Crippen molar-refractivity contribution >= 4 is 9.84 Å². The molecule has 0 saturated heterocycles. The van der Waals surface area contributed by atoms with E-state index in [1.807, 2.05) is 32.0 Å². The fraction of sp³-hybridized carbons (Fsp3) is 0.231. The van der Waals surface area contributed by atoms with Crippen LogP contribution in [0.4, 0.5) is 0 Å². The first kappa shape index (κ1) is 11.9. The van der Waals surface area contributed by atoms with Gasteiger partial charge in [-0.2, -0.15) is 0 Å². The minimum absolute atomic E-state index is 0.320. The van der Waals surface area contributed by atoms with Gasteiger partial charge in [-0.05, 0) is 49.2 Å². The molecule has 0 bridgehead atoms. The summed E-state index contributed by atoms with van der Waals surface area (Å²) in [6.07, 6.45) is 2.99. The SMILES string of the molecule is Cc1ccc(-n2cccc2S(C)(=O)=O)cc1C. The molecule has 1 heterocycles. The second-order valence-electron chi connectivity index (χ2n) is 4.26. The van der Waals surface area contributed by atoms with Crippen LogP contribution in [0.1, 0.15) is 11.1 Å². The van der Waals surface area contributed by atoms with E-state index in [9.17, 15) is 8.42 Å². The first-order valence-electron chi connectivity index (χ1n) is 5.34. The summed E-state index contributed by atoms with van der Waals surface area (Å²) in [5.41, 5.74) is 3.22. The molecule has 2 rings (SSSR count). The second-order valence-corrected chi connectivity index (χ2v) is 6.22. The number of hydrogen-bond acceptors (Lipinski definition) is 2. The average Bonchev–Trinajstić information content (AvgIpc) is 2.70. The lowest BCUT2D eigenvalue weighted by Crippen LogP contribution is -2.05. The van der Waals surface area contributed by atoms with Gasteiger partial charge in [0, 0.05) is 18.1 Å². The standard InChI is InChI=1S/C13H15NO2S/c1-10-6-7-12(9-11(10)2)14-8-4-5-13(14)17(3,15)16/h4-9H,1-3H3. The number of hydrogen-bond donors (Lipinski definition) is 0. The quantitative estimate of drug-likeness (QED) is 0.820. The van der Waals surface area contributed by atoms with Crippen LogP contribution in [0.25, 0.3) is 5.69 Å². The third-order valence-electron chi connectivity index (χ3n) is 2.86. The van der Waals surface area contributed by atoms with Crippen LogP contribution in [0.5, 0.6) is 0 Å². The van der Waals surface area contributed by atoms with E-state index < -0.39 is 9.84 Å². The van der Waals surface area contributed by atoms with E-state index in [4.69, 9.17) is 0 Å². The molecule has 2 aromatic rings. The monoisotopic (exact) mass is 249 g/mol. The Balaban J connectivity index is 2.62. The average molecular weight is 249 g/mol. The molecule has 90 valence electrons. The highest BCUT2D eigenvalue weighted by Crippen LogP contribution is 2.19. The lowest BCUT2D eigenvalue weighted by atomic mass is 10.1. The fourth-order valence-electron chi connectivity index (χ4n) is 1.76. The zero-order valence-electron chi connectivity index (χ0n) is 10.1. The number of benzene rings is 1. The second kappa shape index (κ2) is 4.04. The van der Waals surface area contributed by atoms with Gasteiger partial charge in [0.2, 0.25) is 0 Å². The van der Waals surface area contributed by atoms with Gasteiger partial charge in [-0.15, -0.1) is 0 Å². The van der Waals surface area contributed by atoms with Crippen molar-refractivity contribution in [2.24, 2.45) is 0 Å². The maximum absolute atomic E-state index is 11.6. The molecule has 0 aliphatic carbocycles. The molecule has 17 heavy (non-hydrogen) atoms. The highest BCUT2D eigenvalue weighted by atomic mass is 32.2. The molecular formula is C13H15NO2S. The summed E-state index contributed by atoms with van der Waals surface area (Å²) in [4.78, 5) is 0. The van der Waals surface area contributed by atoms with Crippen molar-refractivity contribution in [3.05, 3.63) is 47.7 Å². The zero-order chi connectivity index (χ0) is 12.6. The van der Waals surface area contributed by atoms with Crippen LogP contribution in [0, 0.1) is 13.8 Å². The lowest BCUT2D eigenvalue weighted by Gasteiger charge is -2.09. The van der Waals surface area contributed by atoms with Gasteiger partial charge in [0.25, 0.3) is 0 Å². The van der Waals surface area contributed by atoms with Crippen LogP contribution in [-0.4, -0.2) is 19.2 Å². The van der Waals surface area contributed by atoms with Gasteiger partial charge in [-0.3, -0.25) is 0 Å². The van der Waals surface area contributed by atoms with E-state index in [1.54, 1.807) is 22.9 Å². The Hall–Kier alpha value is -1.55. The van der Waals surface area contributed by atoms with Gasteiger partial charge in [-0.1, -0.05) is 6.07 Å². The van der Waals surface area contributed by atoms with Crippen molar-refractivity contribution in [3.8, 4) is 5.69 Å². The van der Waals surface area contributed by atoms with E-state index in [1.165, 1.54) is 11.8 Å². The summed E-state index contributed by atoms with van der Waals surface area (Å²) in [7, 11) is -3.20. The first-order valence-corrected chi connectivity index (χ1v) is 7.24. The first-order chi connectivity index (χ1) is 7.89. The van der Waals surface area contributed by atoms with Gasteiger partial charge in [0.15, 0.2) is 9.84 Å². The molecule has 0 atom stereocenters. The molecule has 0 unspecified atom stereocenters. The molecule has 0 radical (unpaired) electrons. The fourth-order valence-corrected chi connectivity index (χ4v) is 2.61. The summed E-state index contributed by atoms with van der Waals surface area (Å²) < 4.78 is 24.9. The zero-order valence-corrected chi connectivity index (χ0v) is 11.0. The summed E-state index contributed by atoms with van der Waals surface area (Å²) in [6, 6.07) is 9.27. The molecular weight excluding hydrogens is 234 g/mol. The lowest BCUT2D eigenvalue weighted by molar-refractivity contribution is 0.595. The van der Waals surface area contributed by atoms with Crippen LogP contribution in [0.3, 0.4) is 0 Å². The Morgan fingerprint density at radius 3 is 2.35 bits per heavy atom. The third-order valence-corrected chi connectivity index (χ3v) is 3.95. The van der Waals surface area contributed by atoms with Crippen molar-refractivity contribution in [2.45, 2.75) is 18.9 Å². The predicted molar refractivity (Wildman–Crippen MR) is 68.4 cm³/mol. The molecule has 0 aliphatic heterocycles. The Morgan fingerprint density at radius 2 is 1.76 bits per heavy atom. The largest absolute Gasteiger partial charge is 0.308 e. The number of nitrogens with zero attached hydrogens (tertiary/aromatic N) is 1. The van der Waals surface area contributed by atoms with Crippen molar-refractivity contribution in [3.63, 3.8) is 0 Å². The van der Waals surface area contributed by atoms with Crippen LogP contribution < -0.4 is 0 Å². The highest BCUT2D eigenvalue weighted by molar-refractivity contribution is 7.90. The van der Waals surface area contributed by atoms with Crippen molar-refractivity contribution < 1.29 is 8.42 Å². The predicted octanol–water partition coefficient (Wildman–Crippen LogP) is 2.50. The van der Waals surface area contributed by atoms with Crippen molar-refractivity contribution in [1.29, 1.82) is 0 Å². The number of aromatic nitrogens is 1. The summed E-state index contributed by atoms with van der Waals surface area (Å²) in [5, 5.41) is 0.320. The van der Waals surface area contributed by atoms with Crippen LogP contribution in [0.2, 0.25) is 0 Å². The normalized spacial score (nSPS) is 11.7. The van der Waals surface area contributed by atoms with Gasteiger partial charge in [-0.25, -0.2) is 8.42 Å². The van der Waals surface area contributed by atoms with Crippen molar-refractivity contribution in [1.82, 2.24) is 4.57 Å².